The number of hydrogen-bond donors (Lipinski definition) is 2. The van der Waals surface area contributed by atoms with Crippen molar-refractivity contribution < 1.29 is 14.0 Å². The summed E-state index contributed by atoms with van der Waals surface area (Å²) >= 11 is 5.62. The van der Waals surface area contributed by atoms with E-state index in [0.717, 1.165) is 12.1 Å². The molecule has 0 aliphatic heterocycles. The summed E-state index contributed by atoms with van der Waals surface area (Å²) < 4.78 is 13.3. The van der Waals surface area contributed by atoms with Crippen LogP contribution >= 0.6 is 11.6 Å². The number of amides is 2. The average molecular weight is 295 g/mol. The highest BCUT2D eigenvalue weighted by molar-refractivity contribution is 6.29. The van der Waals surface area contributed by atoms with Crippen molar-refractivity contribution in [1.82, 2.24) is 9.97 Å². The molecule has 0 aliphatic carbocycles. The number of anilines is 1. The summed E-state index contributed by atoms with van der Waals surface area (Å²) in [5.41, 5.74) is 4.88. The molecule has 0 spiro atoms. The van der Waals surface area contributed by atoms with E-state index in [9.17, 15) is 14.0 Å². The third-order valence-corrected chi connectivity index (χ3v) is 2.51. The molecule has 20 heavy (non-hydrogen) atoms. The minimum Gasteiger partial charge on any atom is -0.366 e. The van der Waals surface area contributed by atoms with Gasteiger partial charge in [0.2, 0.25) is 0 Å². The van der Waals surface area contributed by atoms with E-state index in [1.807, 2.05) is 0 Å². The monoisotopic (exact) mass is 294 g/mol. The van der Waals surface area contributed by atoms with E-state index in [1.165, 1.54) is 18.5 Å². The van der Waals surface area contributed by atoms with Crippen LogP contribution in [0.3, 0.4) is 0 Å². The fourth-order valence-electron chi connectivity index (χ4n) is 1.44. The van der Waals surface area contributed by atoms with Gasteiger partial charge in [0.15, 0.2) is 0 Å². The van der Waals surface area contributed by atoms with Crippen LogP contribution in [-0.4, -0.2) is 21.8 Å². The molecule has 0 bridgehead atoms. The van der Waals surface area contributed by atoms with Gasteiger partial charge in [-0.15, -0.1) is 0 Å². The van der Waals surface area contributed by atoms with Crippen LogP contribution in [0.15, 0.2) is 30.6 Å². The maximum Gasteiger partial charge on any atom is 0.275 e. The number of benzene rings is 1. The van der Waals surface area contributed by atoms with E-state index in [4.69, 9.17) is 17.3 Å². The van der Waals surface area contributed by atoms with Gasteiger partial charge in [-0.05, 0) is 18.2 Å². The SMILES string of the molecule is NC(=O)c1cc(NC(=O)c2cncc(Cl)n2)ccc1F. The van der Waals surface area contributed by atoms with Crippen molar-refractivity contribution in [2.45, 2.75) is 0 Å². The van der Waals surface area contributed by atoms with E-state index in [0.29, 0.717) is 0 Å². The third kappa shape index (κ3) is 3.07. The van der Waals surface area contributed by atoms with Gasteiger partial charge in [-0.1, -0.05) is 11.6 Å². The van der Waals surface area contributed by atoms with Gasteiger partial charge in [-0.3, -0.25) is 14.6 Å². The fourth-order valence-corrected chi connectivity index (χ4v) is 1.59. The number of nitrogens with one attached hydrogen (secondary N) is 1. The van der Waals surface area contributed by atoms with Crippen LogP contribution in [0.2, 0.25) is 5.15 Å². The highest BCUT2D eigenvalue weighted by Gasteiger charge is 2.12. The third-order valence-electron chi connectivity index (χ3n) is 2.33. The van der Waals surface area contributed by atoms with Gasteiger partial charge in [0.25, 0.3) is 11.8 Å². The Labute approximate surface area is 117 Å². The molecular weight excluding hydrogens is 287 g/mol. The molecule has 1 heterocycles. The number of hydrogen-bond acceptors (Lipinski definition) is 4. The number of primary amides is 1. The Bertz CT molecular complexity index is 693. The van der Waals surface area contributed by atoms with Gasteiger partial charge in [0, 0.05) is 5.69 Å². The second-order valence-electron chi connectivity index (χ2n) is 3.74. The molecule has 0 unspecified atom stereocenters. The summed E-state index contributed by atoms with van der Waals surface area (Å²) in [7, 11) is 0. The topological polar surface area (TPSA) is 98.0 Å². The first kappa shape index (κ1) is 13.9. The van der Waals surface area contributed by atoms with Crippen molar-refractivity contribution >= 4 is 29.1 Å². The smallest absolute Gasteiger partial charge is 0.275 e. The number of rotatable bonds is 3. The first-order chi connectivity index (χ1) is 9.47. The minimum atomic E-state index is -0.929. The Morgan fingerprint density at radius 2 is 2.05 bits per heavy atom. The highest BCUT2D eigenvalue weighted by Crippen LogP contribution is 2.15. The summed E-state index contributed by atoms with van der Waals surface area (Å²) in [5.74, 6) is -2.29. The number of carbonyl (C=O) groups is 2. The van der Waals surface area contributed by atoms with Crippen molar-refractivity contribution in [3.05, 3.63) is 52.8 Å². The molecule has 1 aromatic heterocycles. The molecule has 8 heteroatoms. The van der Waals surface area contributed by atoms with Crippen LogP contribution in [0.5, 0.6) is 0 Å². The van der Waals surface area contributed by atoms with Crippen molar-refractivity contribution in [2.75, 3.05) is 5.32 Å². The summed E-state index contributed by atoms with van der Waals surface area (Å²) in [6.45, 7) is 0. The van der Waals surface area contributed by atoms with E-state index in [-0.39, 0.29) is 22.1 Å². The molecule has 0 fully saturated rings. The first-order valence-corrected chi connectivity index (χ1v) is 5.73. The lowest BCUT2D eigenvalue weighted by molar-refractivity contribution is 0.0992. The quantitative estimate of drug-likeness (QED) is 0.898. The predicted molar refractivity (Wildman–Crippen MR) is 69.9 cm³/mol. The van der Waals surface area contributed by atoms with Crippen LogP contribution in [0, 0.1) is 5.82 Å². The Balaban J connectivity index is 2.24. The zero-order chi connectivity index (χ0) is 14.7. The Kier molecular flexibility index (Phi) is 3.90. The largest absolute Gasteiger partial charge is 0.366 e. The molecule has 2 aromatic rings. The Morgan fingerprint density at radius 3 is 2.70 bits per heavy atom. The van der Waals surface area contributed by atoms with Crippen molar-refractivity contribution in [3.8, 4) is 0 Å². The lowest BCUT2D eigenvalue weighted by atomic mass is 10.1. The lowest BCUT2D eigenvalue weighted by Gasteiger charge is -2.06. The minimum absolute atomic E-state index is 0.0116. The average Bonchev–Trinajstić information content (AvgIpc) is 2.40. The highest BCUT2D eigenvalue weighted by atomic mass is 35.5. The maximum absolute atomic E-state index is 13.3. The molecule has 2 rings (SSSR count). The van der Waals surface area contributed by atoms with Gasteiger partial charge < -0.3 is 11.1 Å². The molecule has 1 aromatic carbocycles. The van der Waals surface area contributed by atoms with E-state index in [1.54, 1.807) is 0 Å². The van der Waals surface area contributed by atoms with Crippen molar-refractivity contribution in [2.24, 2.45) is 5.73 Å². The Morgan fingerprint density at radius 1 is 1.30 bits per heavy atom. The molecule has 0 saturated carbocycles. The van der Waals surface area contributed by atoms with Crippen molar-refractivity contribution in [1.29, 1.82) is 0 Å². The van der Waals surface area contributed by atoms with Crippen LogP contribution in [0.1, 0.15) is 20.8 Å². The zero-order valence-electron chi connectivity index (χ0n) is 9.93. The van der Waals surface area contributed by atoms with Gasteiger partial charge in [0.1, 0.15) is 16.7 Å². The molecular formula is C12H8ClFN4O2. The van der Waals surface area contributed by atoms with Crippen molar-refractivity contribution in [3.63, 3.8) is 0 Å². The normalized spacial score (nSPS) is 10.1. The number of nitrogens with two attached hydrogens (primary N) is 1. The van der Waals surface area contributed by atoms with Gasteiger partial charge >= 0.3 is 0 Å². The van der Waals surface area contributed by atoms with Gasteiger partial charge in [0.05, 0.1) is 18.0 Å². The Hall–Kier alpha value is -2.54. The molecule has 0 aliphatic rings. The summed E-state index contributed by atoms with van der Waals surface area (Å²) in [6.07, 6.45) is 2.50. The van der Waals surface area contributed by atoms with E-state index in [2.05, 4.69) is 15.3 Å². The number of halogens is 2. The number of nitrogens with zero attached hydrogens (tertiary/aromatic N) is 2. The molecule has 0 atom stereocenters. The zero-order valence-corrected chi connectivity index (χ0v) is 10.7. The summed E-state index contributed by atoms with van der Waals surface area (Å²) in [6, 6.07) is 3.45. The number of carbonyl (C=O) groups excluding carboxylic acids is 2. The molecule has 2 amide bonds. The molecule has 0 radical (unpaired) electrons. The fraction of sp³-hybridized carbons (Fsp3) is 0. The van der Waals surface area contributed by atoms with E-state index < -0.39 is 17.6 Å². The maximum atomic E-state index is 13.3. The van der Waals surface area contributed by atoms with Gasteiger partial charge in [-0.2, -0.15) is 0 Å². The molecule has 102 valence electrons. The molecule has 3 N–H and O–H groups in total. The van der Waals surface area contributed by atoms with Crippen LogP contribution < -0.4 is 11.1 Å². The summed E-state index contributed by atoms with van der Waals surface area (Å²) in [5, 5.41) is 2.50. The number of aromatic nitrogens is 2. The predicted octanol–water partition coefficient (Wildman–Crippen LogP) is 1.62. The molecule has 0 saturated heterocycles. The standard InChI is InChI=1S/C12H8ClFN4O2/c13-10-5-16-4-9(18-10)12(20)17-6-1-2-8(14)7(3-6)11(15)19/h1-5H,(H2,15,19)(H,17,20). The first-order valence-electron chi connectivity index (χ1n) is 5.35. The lowest BCUT2D eigenvalue weighted by Crippen LogP contribution is -2.16. The second-order valence-corrected chi connectivity index (χ2v) is 4.13. The van der Waals surface area contributed by atoms with Crippen LogP contribution in [0.25, 0.3) is 0 Å². The second kappa shape index (κ2) is 5.62. The van der Waals surface area contributed by atoms with Crippen LogP contribution in [-0.2, 0) is 0 Å². The molecule has 6 nitrogen and oxygen atoms in total. The van der Waals surface area contributed by atoms with Crippen LogP contribution in [0.4, 0.5) is 10.1 Å². The van der Waals surface area contributed by atoms with E-state index >= 15 is 0 Å². The summed E-state index contributed by atoms with van der Waals surface area (Å²) in [4.78, 5) is 30.3. The van der Waals surface area contributed by atoms with Gasteiger partial charge in [-0.25, -0.2) is 9.37 Å².